The summed E-state index contributed by atoms with van der Waals surface area (Å²) in [7, 11) is 3.51. The molecule has 0 radical (unpaired) electrons. The van der Waals surface area contributed by atoms with Crippen molar-refractivity contribution in [2.45, 2.75) is 32.0 Å². The van der Waals surface area contributed by atoms with Crippen molar-refractivity contribution in [3.05, 3.63) is 35.9 Å². The number of hydrogen-bond donors (Lipinski definition) is 1. The second kappa shape index (κ2) is 6.13. The third kappa shape index (κ3) is 3.33. The second-order valence-corrected chi connectivity index (χ2v) is 5.19. The molecule has 1 aliphatic carbocycles. The van der Waals surface area contributed by atoms with Gasteiger partial charge < -0.3 is 14.8 Å². The standard InChI is InChI=1S/C15H20N4O2/c1-19-14(17-10-18-19)9-21-15-11(8-16-12-6-7-12)4-3-5-13(15)20-2/h3-5,10,12,16H,6-9H2,1-2H3. The molecule has 1 N–H and O–H groups in total. The minimum absolute atomic E-state index is 0.368. The third-order valence-corrected chi connectivity index (χ3v) is 3.59. The van der Waals surface area contributed by atoms with Gasteiger partial charge in [-0.2, -0.15) is 5.10 Å². The number of methoxy groups -OCH3 is 1. The lowest BCUT2D eigenvalue weighted by Crippen LogP contribution is -2.16. The van der Waals surface area contributed by atoms with Crippen molar-refractivity contribution in [2.75, 3.05) is 7.11 Å². The Morgan fingerprint density at radius 2 is 2.24 bits per heavy atom. The van der Waals surface area contributed by atoms with Gasteiger partial charge in [-0.1, -0.05) is 12.1 Å². The summed E-state index contributed by atoms with van der Waals surface area (Å²) in [5.74, 6) is 2.30. The molecule has 112 valence electrons. The lowest BCUT2D eigenvalue weighted by atomic mass is 10.2. The van der Waals surface area contributed by atoms with Crippen molar-refractivity contribution >= 4 is 0 Å². The molecule has 0 atom stereocenters. The van der Waals surface area contributed by atoms with Gasteiger partial charge in [0.25, 0.3) is 0 Å². The first-order chi connectivity index (χ1) is 10.3. The van der Waals surface area contributed by atoms with E-state index in [1.165, 1.54) is 19.2 Å². The third-order valence-electron chi connectivity index (χ3n) is 3.59. The summed E-state index contributed by atoms with van der Waals surface area (Å²) < 4.78 is 13.1. The smallest absolute Gasteiger partial charge is 0.166 e. The maximum absolute atomic E-state index is 5.95. The van der Waals surface area contributed by atoms with Crippen molar-refractivity contribution < 1.29 is 9.47 Å². The van der Waals surface area contributed by atoms with Crippen molar-refractivity contribution in [2.24, 2.45) is 7.05 Å². The highest BCUT2D eigenvalue weighted by atomic mass is 16.5. The van der Waals surface area contributed by atoms with Gasteiger partial charge in [-0.15, -0.1) is 0 Å². The summed E-state index contributed by atoms with van der Waals surface area (Å²) in [6, 6.07) is 6.61. The van der Waals surface area contributed by atoms with E-state index in [9.17, 15) is 0 Å². The first kappa shape index (κ1) is 13.9. The van der Waals surface area contributed by atoms with Gasteiger partial charge in [0.1, 0.15) is 12.9 Å². The molecule has 21 heavy (non-hydrogen) atoms. The average molecular weight is 288 g/mol. The second-order valence-electron chi connectivity index (χ2n) is 5.19. The van der Waals surface area contributed by atoms with E-state index in [0.29, 0.717) is 12.6 Å². The molecule has 6 nitrogen and oxygen atoms in total. The first-order valence-electron chi connectivity index (χ1n) is 7.13. The highest BCUT2D eigenvalue weighted by Crippen LogP contribution is 2.32. The molecule has 1 heterocycles. The Bertz CT molecular complexity index is 607. The molecular formula is C15H20N4O2. The molecule has 0 bridgehead atoms. The molecule has 1 saturated carbocycles. The molecule has 6 heteroatoms. The lowest BCUT2D eigenvalue weighted by molar-refractivity contribution is 0.268. The zero-order valence-electron chi connectivity index (χ0n) is 12.4. The Labute approximate surface area is 124 Å². The number of nitrogens with zero attached hydrogens (tertiary/aromatic N) is 3. The van der Waals surface area contributed by atoms with Gasteiger partial charge >= 0.3 is 0 Å². The van der Waals surface area contributed by atoms with E-state index in [4.69, 9.17) is 9.47 Å². The Hall–Kier alpha value is -2.08. The van der Waals surface area contributed by atoms with E-state index in [2.05, 4.69) is 21.5 Å². The number of nitrogens with one attached hydrogen (secondary N) is 1. The zero-order chi connectivity index (χ0) is 14.7. The molecule has 1 aromatic carbocycles. The van der Waals surface area contributed by atoms with Crippen LogP contribution in [0.2, 0.25) is 0 Å². The number of aromatic nitrogens is 3. The van der Waals surface area contributed by atoms with E-state index < -0.39 is 0 Å². The molecule has 0 amide bonds. The van der Waals surface area contributed by atoms with E-state index in [1.807, 2.05) is 19.2 Å². The Morgan fingerprint density at radius 1 is 1.38 bits per heavy atom. The largest absolute Gasteiger partial charge is 0.493 e. The molecule has 1 aliphatic rings. The topological polar surface area (TPSA) is 61.2 Å². The predicted octanol–water partition coefficient (Wildman–Crippen LogP) is 1.65. The van der Waals surface area contributed by atoms with Crippen LogP contribution in [-0.2, 0) is 20.2 Å². The summed E-state index contributed by atoms with van der Waals surface area (Å²) in [5.41, 5.74) is 1.10. The van der Waals surface area contributed by atoms with Crippen LogP contribution in [0.5, 0.6) is 11.5 Å². The van der Waals surface area contributed by atoms with Gasteiger partial charge in [0.15, 0.2) is 17.3 Å². The fourth-order valence-corrected chi connectivity index (χ4v) is 2.15. The Kier molecular flexibility index (Phi) is 4.06. The monoisotopic (exact) mass is 288 g/mol. The fraction of sp³-hybridized carbons (Fsp3) is 0.467. The summed E-state index contributed by atoms with van der Waals surface area (Å²) in [6.45, 7) is 1.16. The summed E-state index contributed by atoms with van der Waals surface area (Å²) >= 11 is 0. The van der Waals surface area contributed by atoms with Crippen LogP contribution in [0.4, 0.5) is 0 Å². The van der Waals surface area contributed by atoms with Crippen molar-refractivity contribution in [3.8, 4) is 11.5 Å². The quantitative estimate of drug-likeness (QED) is 0.839. The van der Waals surface area contributed by atoms with Crippen LogP contribution in [0.15, 0.2) is 24.5 Å². The predicted molar refractivity (Wildman–Crippen MR) is 78.2 cm³/mol. The normalized spacial score (nSPS) is 14.2. The van der Waals surface area contributed by atoms with E-state index in [0.717, 1.165) is 29.4 Å². The maximum atomic E-state index is 5.95. The van der Waals surface area contributed by atoms with Crippen molar-refractivity contribution in [1.29, 1.82) is 0 Å². The fourth-order valence-electron chi connectivity index (χ4n) is 2.15. The number of benzene rings is 1. The van der Waals surface area contributed by atoms with Gasteiger partial charge in [0.2, 0.25) is 0 Å². The molecular weight excluding hydrogens is 268 g/mol. The van der Waals surface area contributed by atoms with Crippen LogP contribution in [0.3, 0.4) is 0 Å². The van der Waals surface area contributed by atoms with Gasteiger partial charge in [-0.05, 0) is 18.9 Å². The number of ether oxygens (including phenoxy) is 2. The average Bonchev–Trinajstić information content (AvgIpc) is 3.25. The van der Waals surface area contributed by atoms with E-state index in [-0.39, 0.29) is 0 Å². The van der Waals surface area contributed by atoms with Crippen LogP contribution < -0.4 is 14.8 Å². The lowest BCUT2D eigenvalue weighted by Gasteiger charge is -2.15. The summed E-state index contributed by atoms with van der Waals surface area (Å²) in [4.78, 5) is 4.17. The van der Waals surface area contributed by atoms with Crippen LogP contribution >= 0.6 is 0 Å². The summed E-state index contributed by atoms with van der Waals surface area (Å²) in [5, 5.41) is 7.54. The molecule has 0 spiro atoms. The molecule has 0 saturated heterocycles. The molecule has 3 rings (SSSR count). The van der Waals surface area contributed by atoms with Crippen LogP contribution in [0.1, 0.15) is 24.2 Å². The molecule has 0 aliphatic heterocycles. The van der Waals surface area contributed by atoms with Gasteiger partial charge in [-0.25, -0.2) is 4.98 Å². The minimum Gasteiger partial charge on any atom is -0.493 e. The minimum atomic E-state index is 0.368. The molecule has 1 fully saturated rings. The molecule has 2 aromatic rings. The maximum Gasteiger partial charge on any atom is 0.166 e. The van der Waals surface area contributed by atoms with Crippen LogP contribution in [0, 0.1) is 0 Å². The Morgan fingerprint density at radius 3 is 2.90 bits per heavy atom. The SMILES string of the molecule is COc1cccc(CNC2CC2)c1OCc1ncnn1C. The van der Waals surface area contributed by atoms with E-state index in [1.54, 1.807) is 11.8 Å². The van der Waals surface area contributed by atoms with Crippen molar-refractivity contribution in [1.82, 2.24) is 20.1 Å². The van der Waals surface area contributed by atoms with Crippen LogP contribution in [0.25, 0.3) is 0 Å². The van der Waals surface area contributed by atoms with Crippen LogP contribution in [-0.4, -0.2) is 27.9 Å². The number of para-hydroxylation sites is 1. The van der Waals surface area contributed by atoms with Gasteiger partial charge in [0.05, 0.1) is 7.11 Å². The highest BCUT2D eigenvalue weighted by molar-refractivity contribution is 5.46. The number of hydrogen-bond acceptors (Lipinski definition) is 5. The van der Waals surface area contributed by atoms with Crippen molar-refractivity contribution in [3.63, 3.8) is 0 Å². The Balaban J connectivity index is 1.75. The first-order valence-corrected chi connectivity index (χ1v) is 7.13. The molecule has 0 unspecified atom stereocenters. The number of aryl methyl sites for hydroxylation is 1. The highest BCUT2D eigenvalue weighted by Gasteiger charge is 2.21. The zero-order valence-corrected chi connectivity index (χ0v) is 12.4. The summed E-state index contributed by atoms with van der Waals surface area (Å²) in [6.07, 6.45) is 4.05. The number of rotatable bonds is 7. The van der Waals surface area contributed by atoms with Gasteiger partial charge in [-0.3, -0.25) is 4.68 Å². The van der Waals surface area contributed by atoms with Gasteiger partial charge in [0, 0.05) is 25.2 Å². The van der Waals surface area contributed by atoms with E-state index >= 15 is 0 Å². The molecule has 1 aromatic heterocycles.